The largest absolute Gasteiger partial charge is 0.304 e. The Morgan fingerprint density at radius 2 is 1.94 bits per heavy atom. The molecule has 5 nitrogen and oxygen atoms in total. The van der Waals surface area contributed by atoms with Gasteiger partial charge in [0, 0.05) is 32.3 Å². The topological polar surface area (TPSA) is 89.5 Å². The van der Waals surface area contributed by atoms with E-state index in [-0.39, 0.29) is 11.5 Å². The Balaban J connectivity index is 3.82. The molecule has 0 aliphatic heterocycles. The van der Waals surface area contributed by atoms with Gasteiger partial charge in [0.25, 0.3) is 0 Å². The van der Waals surface area contributed by atoms with Gasteiger partial charge < -0.3 is 5.41 Å². The van der Waals surface area contributed by atoms with Gasteiger partial charge in [0.2, 0.25) is 0 Å². The zero-order valence-corrected chi connectivity index (χ0v) is 10.2. The summed E-state index contributed by atoms with van der Waals surface area (Å²) >= 11 is 0. The van der Waals surface area contributed by atoms with Gasteiger partial charge in [0.15, 0.2) is 5.78 Å². The Hall–Kier alpha value is -1.91. The Kier molecular flexibility index (Phi) is 8.28. The monoisotopic (exact) mass is 234 g/mol. The van der Waals surface area contributed by atoms with Crippen molar-refractivity contribution in [3.05, 3.63) is 12.2 Å². The fourth-order valence-corrected chi connectivity index (χ4v) is 0.825. The first kappa shape index (κ1) is 15.1. The van der Waals surface area contributed by atoms with Crippen LogP contribution in [0.2, 0.25) is 0 Å². The molecule has 0 heterocycles. The smallest absolute Gasteiger partial charge is 0.178 e. The van der Waals surface area contributed by atoms with Crippen molar-refractivity contribution in [2.75, 3.05) is 13.1 Å². The van der Waals surface area contributed by atoms with Crippen LogP contribution in [0.3, 0.4) is 0 Å². The Bertz CT molecular complexity index is 367. The summed E-state index contributed by atoms with van der Waals surface area (Å²) in [6.45, 7) is 4.21. The third kappa shape index (κ3) is 9.04. The maximum absolute atomic E-state index is 10.7. The number of rotatable bonds is 8. The lowest BCUT2D eigenvalue weighted by atomic mass is 10.3. The highest BCUT2D eigenvalue weighted by molar-refractivity contribution is 6.59. The summed E-state index contributed by atoms with van der Waals surface area (Å²) in [5.74, 6) is -0.309. The van der Waals surface area contributed by atoms with E-state index in [0.717, 1.165) is 0 Å². The van der Waals surface area contributed by atoms with Crippen molar-refractivity contribution in [1.29, 1.82) is 10.8 Å². The highest BCUT2D eigenvalue weighted by Gasteiger charge is 1.97. The summed E-state index contributed by atoms with van der Waals surface area (Å²) in [5.41, 5.74) is 0.277. The lowest BCUT2D eigenvalue weighted by molar-refractivity contribution is -0.110. The van der Waals surface area contributed by atoms with Gasteiger partial charge >= 0.3 is 0 Å². The van der Waals surface area contributed by atoms with Crippen LogP contribution in [0.15, 0.2) is 22.1 Å². The summed E-state index contributed by atoms with van der Waals surface area (Å²) in [7, 11) is 0. The summed E-state index contributed by atoms with van der Waals surface area (Å²) in [5, 5.41) is 14.7. The van der Waals surface area contributed by atoms with Crippen molar-refractivity contribution in [2.45, 2.75) is 20.3 Å². The van der Waals surface area contributed by atoms with Crippen molar-refractivity contribution in [3.63, 3.8) is 0 Å². The molecule has 17 heavy (non-hydrogen) atoms. The SMILES string of the molecule is C/C=C\C/N=C\C(=N)CC/N=C\C(=N)C(C)=O. The molecule has 2 N–H and O–H groups in total. The number of aliphatic imine (C=N–C) groups is 2. The van der Waals surface area contributed by atoms with E-state index in [9.17, 15) is 4.79 Å². The zero-order valence-electron chi connectivity index (χ0n) is 10.2. The van der Waals surface area contributed by atoms with Crippen LogP contribution >= 0.6 is 0 Å². The van der Waals surface area contributed by atoms with E-state index >= 15 is 0 Å². The molecule has 0 aromatic carbocycles. The van der Waals surface area contributed by atoms with Gasteiger partial charge in [-0.05, 0) is 6.92 Å². The summed E-state index contributed by atoms with van der Waals surface area (Å²) < 4.78 is 0. The fraction of sp³-hybridized carbons (Fsp3) is 0.417. The van der Waals surface area contributed by atoms with Gasteiger partial charge in [-0.2, -0.15) is 0 Å². The number of nitrogens with one attached hydrogen (secondary N) is 2. The number of carbonyl (C=O) groups excluding carboxylic acids is 1. The molecular weight excluding hydrogens is 216 g/mol. The van der Waals surface area contributed by atoms with E-state index in [1.807, 2.05) is 19.1 Å². The van der Waals surface area contributed by atoms with Gasteiger partial charge in [-0.1, -0.05) is 12.2 Å². The van der Waals surface area contributed by atoms with E-state index in [1.54, 1.807) is 0 Å². The van der Waals surface area contributed by atoms with Crippen LogP contribution in [-0.4, -0.2) is 42.7 Å². The van der Waals surface area contributed by atoms with E-state index < -0.39 is 0 Å². The quantitative estimate of drug-likeness (QED) is 0.486. The molecule has 0 unspecified atom stereocenters. The number of ketones is 1. The maximum atomic E-state index is 10.7. The summed E-state index contributed by atoms with van der Waals surface area (Å²) in [6, 6.07) is 0. The lowest BCUT2D eigenvalue weighted by Gasteiger charge is -1.93. The minimum atomic E-state index is -0.309. The van der Waals surface area contributed by atoms with Crippen LogP contribution in [0.1, 0.15) is 20.3 Å². The fourth-order valence-electron chi connectivity index (χ4n) is 0.825. The standard InChI is InChI=1S/C12H18N4O/c1-3-4-6-15-8-11(13)5-7-16-9-12(14)10(2)17/h3-4,8-9,13-14H,5-7H2,1-2H3/b4-3-,13-11?,14-12?,15-8-,16-9-. The molecule has 5 heteroatoms. The van der Waals surface area contributed by atoms with E-state index in [1.165, 1.54) is 19.4 Å². The number of allylic oxidation sites excluding steroid dienone is 1. The molecule has 0 amide bonds. The van der Waals surface area contributed by atoms with Gasteiger partial charge in [0.05, 0.1) is 12.3 Å². The minimum Gasteiger partial charge on any atom is -0.304 e. The van der Waals surface area contributed by atoms with Crippen LogP contribution in [0.25, 0.3) is 0 Å². The van der Waals surface area contributed by atoms with Gasteiger partial charge in [-0.25, -0.2) is 0 Å². The van der Waals surface area contributed by atoms with Gasteiger partial charge in [0.1, 0.15) is 5.71 Å². The van der Waals surface area contributed by atoms with E-state index in [2.05, 4.69) is 9.98 Å². The molecule has 0 atom stereocenters. The molecule has 0 bridgehead atoms. The highest BCUT2D eigenvalue weighted by atomic mass is 16.1. The van der Waals surface area contributed by atoms with Gasteiger partial charge in [-0.3, -0.25) is 20.2 Å². The molecule has 0 spiro atoms. The average Bonchev–Trinajstić information content (AvgIpc) is 2.29. The average molecular weight is 234 g/mol. The predicted octanol–water partition coefficient (Wildman–Crippen LogP) is 1.72. The number of nitrogens with zero attached hydrogens (tertiary/aromatic N) is 2. The first-order valence-electron chi connectivity index (χ1n) is 5.35. The third-order valence-corrected chi connectivity index (χ3v) is 1.80. The number of hydrogen-bond acceptors (Lipinski definition) is 5. The Morgan fingerprint density at radius 1 is 1.24 bits per heavy atom. The second kappa shape index (κ2) is 9.33. The number of Topliss-reactive ketones (excluding diaryl/α,β-unsaturated/α-hetero) is 1. The van der Waals surface area contributed by atoms with Crippen LogP contribution < -0.4 is 0 Å². The molecule has 0 aliphatic rings. The first-order valence-corrected chi connectivity index (χ1v) is 5.35. The van der Waals surface area contributed by atoms with E-state index in [4.69, 9.17) is 10.8 Å². The Morgan fingerprint density at radius 3 is 2.53 bits per heavy atom. The molecule has 0 aromatic rings. The maximum Gasteiger partial charge on any atom is 0.178 e. The normalized spacial score (nSPS) is 11.6. The Labute approximate surface area is 101 Å². The molecule has 0 saturated carbocycles. The molecule has 0 rings (SSSR count). The zero-order chi connectivity index (χ0) is 13.1. The second-order valence-corrected chi connectivity index (χ2v) is 3.34. The predicted molar refractivity (Wildman–Crippen MR) is 72.3 cm³/mol. The van der Waals surface area contributed by atoms with Crippen LogP contribution in [-0.2, 0) is 4.79 Å². The molecule has 0 aliphatic carbocycles. The second-order valence-electron chi connectivity index (χ2n) is 3.34. The number of carbonyl (C=O) groups is 1. The molecule has 0 radical (unpaired) electrons. The molecular formula is C12H18N4O. The highest BCUT2D eigenvalue weighted by Crippen LogP contribution is 1.84. The van der Waals surface area contributed by atoms with Gasteiger partial charge in [-0.15, -0.1) is 0 Å². The van der Waals surface area contributed by atoms with Crippen molar-refractivity contribution in [1.82, 2.24) is 0 Å². The molecule has 0 aromatic heterocycles. The van der Waals surface area contributed by atoms with Crippen molar-refractivity contribution in [2.24, 2.45) is 9.98 Å². The van der Waals surface area contributed by atoms with Crippen LogP contribution in [0.5, 0.6) is 0 Å². The first-order chi connectivity index (χ1) is 8.07. The van der Waals surface area contributed by atoms with Crippen molar-refractivity contribution in [3.8, 4) is 0 Å². The summed E-state index contributed by atoms with van der Waals surface area (Å²) in [4.78, 5) is 18.6. The van der Waals surface area contributed by atoms with Crippen LogP contribution in [0, 0.1) is 10.8 Å². The molecule has 92 valence electrons. The third-order valence-electron chi connectivity index (χ3n) is 1.80. The van der Waals surface area contributed by atoms with Crippen molar-refractivity contribution >= 4 is 29.6 Å². The minimum absolute atomic E-state index is 0.113. The van der Waals surface area contributed by atoms with Crippen LogP contribution in [0.4, 0.5) is 0 Å². The van der Waals surface area contributed by atoms with Crippen molar-refractivity contribution < 1.29 is 4.79 Å². The molecule has 0 saturated heterocycles. The summed E-state index contributed by atoms with van der Waals surface area (Å²) in [6.07, 6.45) is 6.99. The molecule has 0 fully saturated rings. The van der Waals surface area contributed by atoms with E-state index in [0.29, 0.717) is 25.2 Å². The lowest BCUT2D eigenvalue weighted by Crippen LogP contribution is -2.10. The number of hydrogen-bond donors (Lipinski definition) is 2.